The molecule has 0 saturated carbocycles. The Morgan fingerprint density at radius 3 is 2.40 bits per heavy atom. The van der Waals surface area contributed by atoms with E-state index >= 15 is 0 Å². The van der Waals surface area contributed by atoms with E-state index < -0.39 is 13.1 Å². The van der Waals surface area contributed by atoms with Crippen LogP contribution >= 0.6 is 22.6 Å². The summed E-state index contributed by atoms with van der Waals surface area (Å²) in [6, 6.07) is 6.92. The Kier molecular flexibility index (Phi) is 4.33. The molecule has 4 heteroatoms. The number of halogens is 1. The fourth-order valence-corrected chi connectivity index (χ4v) is 3.57. The van der Waals surface area contributed by atoms with Gasteiger partial charge in [-0.25, -0.2) is 8.42 Å². The summed E-state index contributed by atoms with van der Waals surface area (Å²) in [5.41, 5.74) is 1.06. The molecule has 2 nitrogen and oxygen atoms in total. The topological polar surface area (TPSA) is 34.1 Å². The van der Waals surface area contributed by atoms with Gasteiger partial charge in [-0.05, 0) is 25.5 Å². The van der Waals surface area contributed by atoms with Crippen LogP contribution in [0.3, 0.4) is 0 Å². The quantitative estimate of drug-likeness (QED) is 0.481. The molecule has 1 unspecified atom stereocenters. The molecule has 1 atom stereocenters. The van der Waals surface area contributed by atoms with Crippen molar-refractivity contribution in [2.45, 2.75) is 21.5 Å². The van der Waals surface area contributed by atoms with Gasteiger partial charge in [-0.1, -0.05) is 46.4 Å². The van der Waals surface area contributed by atoms with E-state index in [2.05, 4.69) is 6.58 Å². The second kappa shape index (κ2) is 5.12. The molecule has 0 aromatic heterocycles. The van der Waals surface area contributed by atoms with E-state index in [1.807, 2.05) is 41.6 Å². The van der Waals surface area contributed by atoms with Gasteiger partial charge in [0.15, 0.2) is 9.84 Å². The van der Waals surface area contributed by atoms with E-state index in [0.717, 1.165) is 5.56 Å². The maximum absolute atomic E-state index is 12.0. The van der Waals surface area contributed by atoms with Gasteiger partial charge in [-0.2, -0.15) is 0 Å². The number of hydrogen-bond donors (Lipinski definition) is 0. The van der Waals surface area contributed by atoms with Crippen LogP contribution in [0.1, 0.15) is 12.0 Å². The smallest absolute Gasteiger partial charge is 0.190 e. The van der Waals surface area contributed by atoms with E-state index in [-0.39, 0.29) is 0 Å². The van der Waals surface area contributed by atoms with Crippen molar-refractivity contribution in [3.63, 3.8) is 0 Å². The van der Waals surface area contributed by atoms with Crippen molar-refractivity contribution in [2.24, 2.45) is 0 Å². The molecule has 0 radical (unpaired) electrons. The van der Waals surface area contributed by atoms with Crippen molar-refractivity contribution in [2.75, 3.05) is 0 Å². The predicted molar refractivity (Wildman–Crippen MR) is 71.0 cm³/mol. The van der Waals surface area contributed by atoms with Gasteiger partial charge in [-0.3, -0.25) is 0 Å². The summed E-state index contributed by atoms with van der Waals surface area (Å²) in [7, 11) is -3.20. The summed E-state index contributed by atoms with van der Waals surface area (Å²) in [6.07, 6.45) is 2.10. The lowest BCUT2D eigenvalue weighted by Crippen LogP contribution is -2.13. The van der Waals surface area contributed by atoms with Crippen molar-refractivity contribution in [1.82, 2.24) is 0 Å². The third kappa shape index (κ3) is 3.04. The Balaban J connectivity index is 3.06. The van der Waals surface area contributed by atoms with Crippen LogP contribution in [0.2, 0.25) is 0 Å². The van der Waals surface area contributed by atoms with Crippen LogP contribution in [-0.4, -0.2) is 11.7 Å². The highest BCUT2D eigenvalue weighted by atomic mass is 127. The van der Waals surface area contributed by atoms with Gasteiger partial charge in [0.05, 0.1) is 4.90 Å². The summed E-state index contributed by atoms with van der Waals surface area (Å²) in [5.74, 6) is 0. The van der Waals surface area contributed by atoms with Crippen LogP contribution in [0.5, 0.6) is 0 Å². The molecule has 82 valence electrons. The van der Waals surface area contributed by atoms with Crippen molar-refractivity contribution >= 4 is 32.4 Å². The van der Waals surface area contributed by atoms with Crippen molar-refractivity contribution in [3.8, 4) is 0 Å². The zero-order valence-corrected chi connectivity index (χ0v) is 11.5. The molecule has 0 spiro atoms. The number of rotatable bonds is 4. The van der Waals surface area contributed by atoms with E-state index in [4.69, 9.17) is 0 Å². The van der Waals surface area contributed by atoms with Crippen molar-refractivity contribution in [3.05, 3.63) is 42.5 Å². The van der Waals surface area contributed by atoms with Crippen LogP contribution in [0.15, 0.2) is 41.8 Å². The summed E-state index contributed by atoms with van der Waals surface area (Å²) in [4.78, 5) is 0.384. The maximum atomic E-state index is 12.0. The van der Waals surface area contributed by atoms with E-state index in [0.29, 0.717) is 11.3 Å². The Morgan fingerprint density at radius 1 is 1.40 bits per heavy atom. The molecule has 0 aliphatic carbocycles. The SMILES string of the molecule is C=CCC(I)S(=O)(=O)c1ccc(C)cc1. The normalized spacial score (nSPS) is 13.5. The monoisotopic (exact) mass is 336 g/mol. The summed E-state index contributed by atoms with van der Waals surface area (Å²) in [6.45, 7) is 5.48. The van der Waals surface area contributed by atoms with Gasteiger partial charge in [-0.15, -0.1) is 6.58 Å². The minimum absolute atomic E-state index is 0.384. The van der Waals surface area contributed by atoms with Crippen LogP contribution in [-0.2, 0) is 9.84 Å². The van der Waals surface area contributed by atoms with E-state index in [1.165, 1.54) is 0 Å². The lowest BCUT2D eigenvalue weighted by molar-refractivity contribution is 0.594. The van der Waals surface area contributed by atoms with Gasteiger partial charge in [0.25, 0.3) is 0 Å². The van der Waals surface area contributed by atoms with Gasteiger partial charge >= 0.3 is 0 Å². The molecule has 0 aliphatic heterocycles. The van der Waals surface area contributed by atoms with Crippen LogP contribution < -0.4 is 0 Å². The van der Waals surface area contributed by atoms with Crippen LogP contribution in [0.25, 0.3) is 0 Å². The Hall–Kier alpha value is -0.360. The highest BCUT2D eigenvalue weighted by Crippen LogP contribution is 2.23. The number of allylic oxidation sites excluding steroid dienone is 1. The fraction of sp³-hybridized carbons (Fsp3) is 0.273. The predicted octanol–water partition coefficient (Wildman–Crippen LogP) is 3.11. The second-order valence-corrected chi connectivity index (χ2v) is 7.77. The van der Waals surface area contributed by atoms with E-state index in [9.17, 15) is 8.42 Å². The summed E-state index contributed by atoms with van der Waals surface area (Å²) in [5, 5.41) is 0. The Labute approximate surface area is 104 Å². The van der Waals surface area contributed by atoms with Gasteiger partial charge in [0, 0.05) is 0 Å². The Bertz CT molecular complexity index is 434. The third-order valence-corrected chi connectivity index (χ3v) is 6.35. The molecular weight excluding hydrogens is 323 g/mol. The summed E-state index contributed by atoms with van der Waals surface area (Å²) >= 11 is 1.94. The second-order valence-electron chi connectivity index (χ2n) is 3.29. The first kappa shape index (κ1) is 12.7. The van der Waals surface area contributed by atoms with Crippen LogP contribution in [0, 0.1) is 6.92 Å². The number of alkyl halides is 1. The maximum Gasteiger partial charge on any atom is 0.190 e. The van der Waals surface area contributed by atoms with Crippen molar-refractivity contribution in [1.29, 1.82) is 0 Å². The van der Waals surface area contributed by atoms with Crippen LogP contribution in [0.4, 0.5) is 0 Å². The first-order valence-electron chi connectivity index (χ1n) is 4.54. The molecule has 15 heavy (non-hydrogen) atoms. The standard InChI is InChI=1S/C11H13IO2S/c1-3-4-11(12)15(13,14)10-7-5-9(2)6-8-10/h3,5-8,11H,1,4H2,2H3. The van der Waals surface area contributed by atoms with Gasteiger partial charge in [0.1, 0.15) is 3.26 Å². The molecule has 0 amide bonds. The summed E-state index contributed by atoms with van der Waals surface area (Å²) < 4.78 is 23.5. The molecule has 0 bridgehead atoms. The first-order valence-corrected chi connectivity index (χ1v) is 7.33. The lowest BCUT2D eigenvalue weighted by atomic mass is 10.2. The van der Waals surface area contributed by atoms with Gasteiger partial charge < -0.3 is 0 Å². The Morgan fingerprint density at radius 2 is 1.93 bits per heavy atom. The zero-order valence-electron chi connectivity index (χ0n) is 8.48. The molecule has 0 saturated heterocycles. The number of hydrogen-bond acceptors (Lipinski definition) is 2. The number of benzene rings is 1. The molecule has 0 heterocycles. The first-order chi connectivity index (χ1) is 6.98. The average molecular weight is 336 g/mol. The molecule has 1 aromatic carbocycles. The largest absolute Gasteiger partial charge is 0.223 e. The molecule has 1 rings (SSSR count). The average Bonchev–Trinajstić information content (AvgIpc) is 2.18. The van der Waals surface area contributed by atoms with Gasteiger partial charge in [0.2, 0.25) is 0 Å². The molecule has 1 aromatic rings. The number of aryl methyl sites for hydroxylation is 1. The highest BCUT2D eigenvalue weighted by molar-refractivity contribution is 14.1. The van der Waals surface area contributed by atoms with Crippen molar-refractivity contribution < 1.29 is 8.42 Å². The molecule has 0 N–H and O–H groups in total. The highest BCUT2D eigenvalue weighted by Gasteiger charge is 2.23. The molecular formula is C11H13IO2S. The zero-order chi connectivity index (χ0) is 11.5. The molecule has 0 fully saturated rings. The number of sulfone groups is 1. The molecule has 0 aliphatic rings. The minimum Gasteiger partial charge on any atom is -0.223 e. The fourth-order valence-electron chi connectivity index (χ4n) is 1.13. The lowest BCUT2D eigenvalue weighted by Gasteiger charge is -2.09. The minimum atomic E-state index is -3.20. The van der Waals surface area contributed by atoms with E-state index in [1.54, 1.807) is 18.2 Å². The third-order valence-electron chi connectivity index (χ3n) is 2.04.